The van der Waals surface area contributed by atoms with Gasteiger partial charge in [-0.2, -0.15) is 21.3 Å². The van der Waals surface area contributed by atoms with Gasteiger partial charge in [0.15, 0.2) is 4.93 Å². The van der Waals surface area contributed by atoms with E-state index >= 15 is 0 Å². The number of hydrogen-bond acceptors (Lipinski definition) is 7. The van der Waals surface area contributed by atoms with Crippen molar-refractivity contribution in [3.8, 4) is 0 Å². The summed E-state index contributed by atoms with van der Waals surface area (Å²) in [6.45, 7) is 0. The smallest absolute Gasteiger partial charge is 0.469 e. The number of methoxy groups -OCH3 is 2. The average molecular weight is 400 g/mol. The van der Waals surface area contributed by atoms with Gasteiger partial charge in [0.05, 0.1) is 32.2 Å². The van der Waals surface area contributed by atoms with Crippen molar-refractivity contribution >= 4 is 22.1 Å². The molecule has 3 unspecified atom stereocenters. The molecule has 2 rings (SSSR count). The largest absolute Gasteiger partial charge is 1.00 e. The van der Waals surface area contributed by atoms with Crippen LogP contribution in [0.3, 0.4) is 0 Å². The quantitative estimate of drug-likeness (QED) is 0.257. The Balaban J connectivity index is 0.00000338. The molecule has 2 saturated carbocycles. The molecule has 0 heterocycles. The van der Waals surface area contributed by atoms with Gasteiger partial charge in [-0.05, 0) is 32.1 Å². The minimum Gasteiger partial charge on any atom is -0.469 e. The van der Waals surface area contributed by atoms with Crippen LogP contribution in [0.5, 0.6) is 0 Å². The Morgan fingerprint density at radius 1 is 1.04 bits per heavy atom. The molecular formula is C16H25NaO8S. The fourth-order valence-corrected chi connectivity index (χ4v) is 4.75. The molecule has 26 heavy (non-hydrogen) atoms. The molecule has 144 valence electrons. The van der Waals surface area contributed by atoms with Gasteiger partial charge >= 0.3 is 41.5 Å². The summed E-state index contributed by atoms with van der Waals surface area (Å²) in [7, 11) is -1.93. The second-order valence-corrected chi connectivity index (χ2v) is 8.26. The third-order valence-corrected chi connectivity index (χ3v) is 6.57. The van der Waals surface area contributed by atoms with Crippen LogP contribution in [0.4, 0.5) is 0 Å². The SMILES string of the molecule is COC(=O)C1CCC(OC2(S(=O)(=O)O)CC[CH-]CC2)CC1C(=O)OC.[Na+]. The summed E-state index contributed by atoms with van der Waals surface area (Å²) in [5.41, 5.74) is 0. The minimum atomic E-state index is -4.41. The molecule has 0 bridgehead atoms. The Bertz CT molecular complexity index is 599. The summed E-state index contributed by atoms with van der Waals surface area (Å²) >= 11 is 0. The van der Waals surface area contributed by atoms with E-state index in [1.165, 1.54) is 14.2 Å². The van der Waals surface area contributed by atoms with E-state index in [9.17, 15) is 22.6 Å². The molecule has 2 fully saturated rings. The van der Waals surface area contributed by atoms with Crippen LogP contribution in [0.2, 0.25) is 0 Å². The third kappa shape index (κ3) is 5.20. The standard InChI is InChI=1S/C16H25O8S.Na/c1-22-14(17)12-7-6-11(10-13(12)15(18)23-2)24-16(25(19,20)21)8-4-3-5-9-16;/h3,11-13H,4-10H2,1-2H3,(H,19,20,21);/q-1;+1. The van der Waals surface area contributed by atoms with Crippen LogP contribution in [0.25, 0.3) is 0 Å². The van der Waals surface area contributed by atoms with Gasteiger partial charge in [0.25, 0.3) is 10.1 Å². The summed E-state index contributed by atoms with van der Waals surface area (Å²) in [6.07, 6.45) is 3.65. The second kappa shape index (κ2) is 9.84. The van der Waals surface area contributed by atoms with E-state index in [1.54, 1.807) is 0 Å². The van der Waals surface area contributed by atoms with Gasteiger partial charge < -0.3 is 20.6 Å². The number of esters is 2. The molecule has 1 N–H and O–H groups in total. The van der Waals surface area contributed by atoms with Crippen molar-refractivity contribution in [2.24, 2.45) is 11.8 Å². The molecule has 10 heteroatoms. The molecule has 2 aliphatic carbocycles. The predicted molar refractivity (Wildman–Crippen MR) is 86.8 cm³/mol. The number of hydrogen-bond donors (Lipinski definition) is 1. The maximum atomic E-state index is 12.1. The van der Waals surface area contributed by atoms with Gasteiger partial charge in [-0.25, -0.2) is 0 Å². The molecule has 3 atom stereocenters. The zero-order chi connectivity index (χ0) is 18.7. The number of carbonyl (C=O) groups excluding carboxylic acids is 2. The van der Waals surface area contributed by atoms with Crippen LogP contribution >= 0.6 is 0 Å². The fraction of sp³-hybridized carbons (Fsp3) is 0.812. The summed E-state index contributed by atoms with van der Waals surface area (Å²) in [5, 5.41) is 0. The Hall–Kier alpha value is -0.190. The number of rotatable bonds is 5. The van der Waals surface area contributed by atoms with Crippen LogP contribution in [0, 0.1) is 18.3 Å². The normalized spacial score (nSPS) is 28.5. The molecule has 0 saturated heterocycles. The van der Waals surface area contributed by atoms with Gasteiger partial charge in [-0.15, -0.1) is 0 Å². The fourth-order valence-electron chi connectivity index (χ4n) is 3.74. The van der Waals surface area contributed by atoms with E-state index in [0.717, 1.165) is 0 Å². The molecule has 0 aliphatic heterocycles. The second-order valence-electron chi connectivity index (χ2n) is 6.56. The van der Waals surface area contributed by atoms with Gasteiger partial charge in [0.2, 0.25) is 0 Å². The van der Waals surface area contributed by atoms with Crippen molar-refractivity contribution in [3.05, 3.63) is 6.42 Å². The van der Waals surface area contributed by atoms with Crippen molar-refractivity contribution in [2.45, 2.75) is 56.0 Å². The Labute approximate surface area is 176 Å². The van der Waals surface area contributed by atoms with E-state index in [0.29, 0.717) is 25.7 Å². The van der Waals surface area contributed by atoms with E-state index in [-0.39, 0.29) is 48.8 Å². The molecule has 0 amide bonds. The predicted octanol–water partition coefficient (Wildman–Crippen LogP) is -1.50. The average Bonchev–Trinajstić information content (AvgIpc) is 2.60. The number of ether oxygens (including phenoxy) is 3. The van der Waals surface area contributed by atoms with Crippen LogP contribution in [0.1, 0.15) is 44.9 Å². The topological polar surface area (TPSA) is 116 Å². The maximum Gasteiger partial charge on any atom is 1.00 e. The van der Waals surface area contributed by atoms with Crippen molar-refractivity contribution in [1.82, 2.24) is 0 Å². The van der Waals surface area contributed by atoms with Crippen LogP contribution in [-0.2, 0) is 33.9 Å². The molecule has 0 aromatic heterocycles. The molecular weight excluding hydrogens is 375 g/mol. The van der Waals surface area contributed by atoms with Crippen molar-refractivity contribution in [2.75, 3.05) is 14.2 Å². The first-order valence-electron chi connectivity index (χ1n) is 8.36. The molecule has 0 aromatic carbocycles. The van der Waals surface area contributed by atoms with E-state index in [4.69, 9.17) is 14.2 Å². The Morgan fingerprint density at radius 3 is 2.08 bits per heavy atom. The van der Waals surface area contributed by atoms with Crippen LogP contribution in [0.15, 0.2) is 0 Å². The first-order valence-corrected chi connectivity index (χ1v) is 9.80. The summed E-state index contributed by atoms with van der Waals surface area (Å²) < 4.78 is 48.9. The maximum absolute atomic E-state index is 12.1. The van der Waals surface area contributed by atoms with Crippen molar-refractivity contribution in [3.63, 3.8) is 0 Å². The summed E-state index contributed by atoms with van der Waals surface area (Å²) in [5.74, 6) is -2.45. The molecule has 0 radical (unpaired) electrons. The summed E-state index contributed by atoms with van der Waals surface area (Å²) in [6, 6.07) is 0. The van der Waals surface area contributed by atoms with Gasteiger partial charge in [-0.3, -0.25) is 14.1 Å². The Kier molecular flexibility index (Phi) is 9.02. The molecule has 0 aromatic rings. The number of carbonyl (C=O) groups is 2. The molecule has 8 nitrogen and oxygen atoms in total. The first kappa shape index (κ1) is 23.8. The third-order valence-electron chi connectivity index (χ3n) is 5.12. The van der Waals surface area contributed by atoms with E-state index in [1.807, 2.05) is 6.42 Å². The monoisotopic (exact) mass is 400 g/mol. The van der Waals surface area contributed by atoms with Crippen LogP contribution in [-0.4, -0.2) is 50.2 Å². The van der Waals surface area contributed by atoms with E-state index in [2.05, 4.69) is 0 Å². The van der Waals surface area contributed by atoms with E-state index < -0.39 is 44.9 Å². The van der Waals surface area contributed by atoms with Gasteiger partial charge in [0.1, 0.15) is 0 Å². The van der Waals surface area contributed by atoms with Crippen molar-refractivity contribution in [1.29, 1.82) is 0 Å². The van der Waals surface area contributed by atoms with Gasteiger partial charge in [-0.1, -0.05) is 0 Å². The van der Waals surface area contributed by atoms with Crippen molar-refractivity contribution < 1.29 is 66.3 Å². The first-order chi connectivity index (χ1) is 11.7. The Morgan fingerprint density at radius 2 is 1.58 bits per heavy atom. The molecule has 2 aliphatic rings. The van der Waals surface area contributed by atoms with Gasteiger partial charge in [0, 0.05) is 0 Å². The summed E-state index contributed by atoms with van der Waals surface area (Å²) in [4.78, 5) is 22.3. The zero-order valence-corrected chi connectivity index (χ0v) is 18.3. The minimum absolute atomic E-state index is 0. The molecule has 0 spiro atoms. The zero-order valence-electron chi connectivity index (χ0n) is 15.5. The van der Waals surface area contributed by atoms with Crippen LogP contribution < -0.4 is 29.6 Å².